The molecule has 5 rings (SSSR count). The zero-order chi connectivity index (χ0) is 21.5. The minimum Gasteiger partial charge on any atom is -0.361 e. The van der Waals surface area contributed by atoms with Gasteiger partial charge in [-0.1, -0.05) is 36.4 Å². The number of carbonyl (C=O) groups is 1. The molecule has 156 valence electrons. The summed E-state index contributed by atoms with van der Waals surface area (Å²) in [5.74, 6) is -0.215. The van der Waals surface area contributed by atoms with Crippen LogP contribution in [0.2, 0.25) is 0 Å². The van der Waals surface area contributed by atoms with E-state index in [4.69, 9.17) is 0 Å². The molecule has 31 heavy (non-hydrogen) atoms. The number of para-hydroxylation sites is 1. The van der Waals surface area contributed by atoms with E-state index >= 15 is 0 Å². The van der Waals surface area contributed by atoms with Crippen molar-refractivity contribution in [1.82, 2.24) is 20.1 Å². The molecule has 0 spiro atoms. The van der Waals surface area contributed by atoms with Crippen molar-refractivity contribution in [3.63, 3.8) is 0 Å². The van der Waals surface area contributed by atoms with Gasteiger partial charge >= 0.3 is 0 Å². The standard InChI is InChI=1S/C24H22N4O2S/c1-14-22-21(18-8-4-6-10-20(18)31-22)24(30)28(27-14)15(2)23(29)25-12-11-16-13-26-19-9-5-3-7-17(16)19/h3-10,13,15,26H,11-12H2,1-2H3,(H,25,29)/t15-/m0/s1. The van der Waals surface area contributed by atoms with Crippen LogP contribution in [0.15, 0.2) is 59.5 Å². The first-order valence-corrected chi connectivity index (χ1v) is 11.1. The Labute approximate surface area is 182 Å². The number of hydrogen-bond acceptors (Lipinski definition) is 4. The Morgan fingerprint density at radius 3 is 2.74 bits per heavy atom. The highest BCUT2D eigenvalue weighted by atomic mass is 32.1. The predicted molar refractivity (Wildman–Crippen MR) is 126 cm³/mol. The molecule has 0 radical (unpaired) electrons. The van der Waals surface area contributed by atoms with Gasteiger partial charge in [-0.05, 0) is 38.0 Å². The minimum absolute atomic E-state index is 0.215. The van der Waals surface area contributed by atoms with Crippen molar-refractivity contribution >= 4 is 48.3 Å². The fraction of sp³-hybridized carbons (Fsp3) is 0.208. The van der Waals surface area contributed by atoms with Crippen molar-refractivity contribution in [3.05, 3.63) is 76.3 Å². The molecule has 0 aliphatic carbocycles. The zero-order valence-electron chi connectivity index (χ0n) is 17.3. The van der Waals surface area contributed by atoms with Gasteiger partial charge in [-0.2, -0.15) is 5.10 Å². The van der Waals surface area contributed by atoms with Crippen LogP contribution in [0.4, 0.5) is 0 Å². The molecule has 5 aromatic rings. The first-order chi connectivity index (χ1) is 15.0. The van der Waals surface area contributed by atoms with E-state index in [0.29, 0.717) is 18.4 Å². The van der Waals surface area contributed by atoms with Crippen LogP contribution < -0.4 is 10.9 Å². The summed E-state index contributed by atoms with van der Waals surface area (Å²) >= 11 is 1.57. The van der Waals surface area contributed by atoms with E-state index in [9.17, 15) is 9.59 Å². The number of carbonyl (C=O) groups excluding carboxylic acids is 1. The van der Waals surface area contributed by atoms with Crippen LogP contribution in [0.25, 0.3) is 31.1 Å². The van der Waals surface area contributed by atoms with Gasteiger partial charge in [0.05, 0.1) is 15.8 Å². The average Bonchev–Trinajstić information content (AvgIpc) is 3.38. The summed E-state index contributed by atoms with van der Waals surface area (Å²) in [7, 11) is 0. The quantitative estimate of drug-likeness (QED) is 0.436. The summed E-state index contributed by atoms with van der Waals surface area (Å²) in [5, 5.41) is 10.1. The molecule has 0 saturated carbocycles. The summed E-state index contributed by atoms with van der Waals surface area (Å²) in [6, 6.07) is 15.2. The van der Waals surface area contributed by atoms with Crippen LogP contribution >= 0.6 is 11.3 Å². The molecule has 7 heteroatoms. The van der Waals surface area contributed by atoms with Gasteiger partial charge in [-0.15, -0.1) is 11.3 Å². The molecular formula is C24H22N4O2S. The van der Waals surface area contributed by atoms with Gasteiger partial charge < -0.3 is 10.3 Å². The molecule has 0 unspecified atom stereocenters. The number of H-pyrrole nitrogens is 1. The molecule has 0 aliphatic rings. The Bertz CT molecular complexity index is 1490. The van der Waals surface area contributed by atoms with E-state index in [1.807, 2.05) is 55.6 Å². The molecule has 6 nitrogen and oxygen atoms in total. The molecule has 0 bridgehead atoms. The first kappa shape index (κ1) is 19.5. The summed E-state index contributed by atoms with van der Waals surface area (Å²) in [6.07, 6.45) is 2.68. The monoisotopic (exact) mass is 430 g/mol. The second-order valence-corrected chi connectivity index (χ2v) is 8.77. The van der Waals surface area contributed by atoms with Gasteiger partial charge in [-0.3, -0.25) is 9.59 Å². The SMILES string of the molecule is Cc1nn([C@@H](C)C(=O)NCCc2c[nH]c3ccccc23)c(=O)c2c1sc1ccccc12. The second kappa shape index (κ2) is 7.67. The number of aromatic amines is 1. The third-order valence-corrected chi connectivity index (χ3v) is 7.00. The lowest BCUT2D eigenvalue weighted by Gasteiger charge is -2.15. The van der Waals surface area contributed by atoms with Gasteiger partial charge in [0.1, 0.15) is 6.04 Å². The highest BCUT2D eigenvalue weighted by Gasteiger charge is 2.21. The number of rotatable bonds is 5. The van der Waals surface area contributed by atoms with Crippen LogP contribution in [-0.2, 0) is 11.2 Å². The number of aromatic nitrogens is 3. The first-order valence-electron chi connectivity index (χ1n) is 10.3. The van der Waals surface area contributed by atoms with Gasteiger partial charge in [0.2, 0.25) is 5.91 Å². The zero-order valence-corrected chi connectivity index (χ0v) is 18.1. The van der Waals surface area contributed by atoms with Gasteiger partial charge in [0, 0.05) is 33.7 Å². The smallest absolute Gasteiger partial charge is 0.276 e. The van der Waals surface area contributed by atoms with Gasteiger partial charge in [0.25, 0.3) is 5.56 Å². The maximum atomic E-state index is 13.2. The van der Waals surface area contributed by atoms with E-state index in [1.54, 1.807) is 18.3 Å². The second-order valence-electron chi connectivity index (χ2n) is 7.71. The third kappa shape index (κ3) is 3.31. The van der Waals surface area contributed by atoms with Crippen LogP contribution in [0, 0.1) is 6.92 Å². The molecule has 1 amide bonds. The number of hydrogen-bond donors (Lipinski definition) is 2. The highest BCUT2D eigenvalue weighted by Crippen LogP contribution is 2.32. The summed E-state index contributed by atoms with van der Waals surface area (Å²) < 4.78 is 3.25. The highest BCUT2D eigenvalue weighted by molar-refractivity contribution is 7.26. The lowest BCUT2D eigenvalue weighted by Crippen LogP contribution is -2.38. The van der Waals surface area contributed by atoms with Gasteiger partial charge in [-0.25, -0.2) is 4.68 Å². The fourth-order valence-electron chi connectivity index (χ4n) is 4.06. The number of nitrogens with zero attached hydrogens (tertiary/aromatic N) is 2. The molecule has 2 N–H and O–H groups in total. The van der Waals surface area contributed by atoms with Crippen LogP contribution in [0.3, 0.4) is 0 Å². The fourth-order valence-corrected chi connectivity index (χ4v) is 5.19. The molecule has 3 aromatic heterocycles. The molecule has 1 atom stereocenters. The van der Waals surface area contributed by atoms with E-state index < -0.39 is 6.04 Å². The number of benzene rings is 2. The van der Waals surface area contributed by atoms with Crippen molar-refractivity contribution in [2.24, 2.45) is 0 Å². The van der Waals surface area contributed by atoms with Crippen molar-refractivity contribution < 1.29 is 4.79 Å². The molecule has 0 saturated heterocycles. The van der Waals surface area contributed by atoms with E-state index in [1.165, 1.54) is 4.68 Å². The van der Waals surface area contributed by atoms with Crippen molar-refractivity contribution in [3.8, 4) is 0 Å². The maximum absolute atomic E-state index is 13.2. The topological polar surface area (TPSA) is 79.8 Å². The number of amides is 1. The molecule has 2 aromatic carbocycles. The summed E-state index contributed by atoms with van der Waals surface area (Å²) in [6.45, 7) is 4.09. The lowest BCUT2D eigenvalue weighted by molar-refractivity contribution is -0.124. The maximum Gasteiger partial charge on any atom is 0.276 e. The summed E-state index contributed by atoms with van der Waals surface area (Å²) in [4.78, 5) is 29.3. The third-order valence-electron chi connectivity index (χ3n) is 5.72. The summed E-state index contributed by atoms with van der Waals surface area (Å²) in [5.41, 5.74) is 2.77. The van der Waals surface area contributed by atoms with Crippen LogP contribution in [0.5, 0.6) is 0 Å². The van der Waals surface area contributed by atoms with E-state index in [2.05, 4.69) is 21.5 Å². The Hall–Kier alpha value is -3.45. The van der Waals surface area contributed by atoms with Crippen molar-refractivity contribution in [1.29, 1.82) is 0 Å². The minimum atomic E-state index is -0.697. The predicted octanol–water partition coefficient (Wildman–Crippen LogP) is 4.32. The van der Waals surface area contributed by atoms with Crippen LogP contribution in [0.1, 0.15) is 24.2 Å². The molecular weight excluding hydrogens is 408 g/mol. The number of nitrogens with one attached hydrogen (secondary N) is 2. The molecule has 0 fully saturated rings. The molecule has 0 aliphatic heterocycles. The Balaban J connectivity index is 1.38. The number of fused-ring (bicyclic) bond motifs is 4. The van der Waals surface area contributed by atoms with Crippen molar-refractivity contribution in [2.45, 2.75) is 26.3 Å². The Morgan fingerprint density at radius 1 is 1.16 bits per heavy atom. The van der Waals surface area contributed by atoms with Crippen molar-refractivity contribution in [2.75, 3.05) is 6.54 Å². The molecule has 3 heterocycles. The average molecular weight is 431 g/mol. The van der Waals surface area contributed by atoms with Crippen LogP contribution in [-0.4, -0.2) is 27.2 Å². The van der Waals surface area contributed by atoms with E-state index in [0.717, 1.165) is 36.9 Å². The Kier molecular flexibility index (Phi) is 4.82. The number of aryl methyl sites for hydroxylation is 1. The Morgan fingerprint density at radius 2 is 1.90 bits per heavy atom. The normalized spacial score (nSPS) is 12.6. The largest absolute Gasteiger partial charge is 0.361 e. The van der Waals surface area contributed by atoms with E-state index in [-0.39, 0.29) is 11.5 Å². The lowest BCUT2D eigenvalue weighted by atomic mass is 10.1. The number of thiophene rings is 1. The van der Waals surface area contributed by atoms with Gasteiger partial charge in [0.15, 0.2) is 0 Å².